The van der Waals surface area contributed by atoms with E-state index in [2.05, 4.69) is 5.32 Å². The Bertz CT molecular complexity index is 360. The van der Waals surface area contributed by atoms with E-state index in [1.807, 2.05) is 25.7 Å². The number of nitrogens with zero attached hydrogens (tertiary/aromatic N) is 1. The van der Waals surface area contributed by atoms with Gasteiger partial charge in [0.15, 0.2) is 0 Å². The highest BCUT2D eigenvalue weighted by Gasteiger charge is 2.49. The molecule has 3 rings (SSSR count). The topological polar surface area (TPSA) is 41.6 Å². The Labute approximate surface area is 115 Å². The van der Waals surface area contributed by atoms with E-state index in [-0.39, 0.29) is 11.7 Å². The van der Waals surface area contributed by atoms with E-state index in [0.29, 0.717) is 18.0 Å². The van der Waals surface area contributed by atoms with Crippen molar-refractivity contribution in [1.29, 1.82) is 0 Å². The van der Waals surface area contributed by atoms with Gasteiger partial charge in [-0.1, -0.05) is 0 Å². The quantitative estimate of drug-likeness (QED) is 0.853. The average Bonchev–Trinajstić information content (AvgIpc) is 2.95. The van der Waals surface area contributed by atoms with Crippen molar-refractivity contribution in [3.63, 3.8) is 0 Å². The molecule has 0 aromatic rings. The van der Waals surface area contributed by atoms with Crippen LogP contribution in [0.1, 0.15) is 52.9 Å². The number of fused-ring (bicyclic) bond motifs is 2. The number of carbonyl (C=O) groups excluding carboxylic acids is 1. The minimum Gasteiger partial charge on any atom is -0.444 e. The normalized spacial score (nSPS) is 33.8. The zero-order valence-electron chi connectivity index (χ0n) is 12.3. The maximum Gasteiger partial charge on any atom is 0.410 e. The fourth-order valence-electron chi connectivity index (χ4n) is 3.54. The predicted molar refractivity (Wildman–Crippen MR) is 74.0 cm³/mol. The monoisotopic (exact) mass is 266 g/mol. The van der Waals surface area contributed by atoms with Gasteiger partial charge in [0.1, 0.15) is 5.60 Å². The molecule has 0 aromatic carbocycles. The number of hydrogen-bond donors (Lipinski definition) is 1. The standard InChI is InChI=1S/C15H26N2O2/c1-15(2,3)19-14(18)17-12-6-7-13(17)10(8-12)9-16-11-4-5-11/h10-13,16H,4-9H2,1-3H3. The van der Waals surface area contributed by atoms with Crippen LogP contribution in [0.4, 0.5) is 4.79 Å². The van der Waals surface area contributed by atoms with E-state index in [4.69, 9.17) is 4.74 Å². The van der Waals surface area contributed by atoms with Crippen molar-refractivity contribution in [1.82, 2.24) is 10.2 Å². The van der Waals surface area contributed by atoms with Gasteiger partial charge < -0.3 is 15.0 Å². The van der Waals surface area contributed by atoms with E-state index >= 15 is 0 Å². The molecule has 1 saturated carbocycles. The summed E-state index contributed by atoms with van der Waals surface area (Å²) in [7, 11) is 0. The van der Waals surface area contributed by atoms with Crippen molar-refractivity contribution in [3.8, 4) is 0 Å². The molecule has 1 amide bonds. The minimum atomic E-state index is -0.388. The Balaban J connectivity index is 1.58. The SMILES string of the molecule is CC(C)(C)OC(=O)N1C2CCC1C(CNC1CC1)C2. The van der Waals surface area contributed by atoms with Crippen LogP contribution in [0.15, 0.2) is 0 Å². The van der Waals surface area contributed by atoms with Crippen LogP contribution in [0.5, 0.6) is 0 Å². The van der Waals surface area contributed by atoms with Crippen molar-refractivity contribution >= 4 is 6.09 Å². The first-order valence-electron chi connectivity index (χ1n) is 7.69. The zero-order valence-corrected chi connectivity index (χ0v) is 12.3. The minimum absolute atomic E-state index is 0.103. The molecule has 3 fully saturated rings. The largest absolute Gasteiger partial charge is 0.444 e. The molecule has 2 heterocycles. The van der Waals surface area contributed by atoms with Gasteiger partial charge in [0.2, 0.25) is 0 Å². The van der Waals surface area contributed by atoms with E-state index in [1.165, 1.54) is 12.8 Å². The summed E-state index contributed by atoms with van der Waals surface area (Å²) in [6.45, 7) is 6.89. The Morgan fingerprint density at radius 3 is 2.63 bits per heavy atom. The number of ether oxygens (including phenoxy) is 1. The number of nitrogens with one attached hydrogen (secondary N) is 1. The zero-order chi connectivity index (χ0) is 13.6. The van der Waals surface area contributed by atoms with Crippen LogP contribution in [-0.4, -0.2) is 41.3 Å². The van der Waals surface area contributed by atoms with Gasteiger partial charge in [-0.05, 0) is 58.8 Å². The number of carbonyl (C=O) groups is 1. The summed E-state index contributed by atoms with van der Waals surface area (Å²) in [5.74, 6) is 0.631. The molecule has 1 N–H and O–H groups in total. The first-order chi connectivity index (χ1) is 8.94. The average molecular weight is 266 g/mol. The second kappa shape index (κ2) is 4.65. The summed E-state index contributed by atoms with van der Waals surface area (Å²) in [5, 5.41) is 3.61. The molecule has 0 radical (unpaired) electrons. The molecule has 4 nitrogen and oxygen atoms in total. The highest BCUT2D eigenvalue weighted by atomic mass is 16.6. The third kappa shape index (κ3) is 2.88. The van der Waals surface area contributed by atoms with Gasteiger partial charge in [0.25, 0.3) is 0 Å². The Hall–Kier alpha value is -0.770. The molecule has 1 aliphatic carbocycles. The molecular formula is C15H26N2O2. The molecule has 0 spiro atoms. The lowest BCUT2D eigenvalue weighted by atomic mass is 9.89. The summed E-state index contributed by atoms with van der Waals surface area (Å²) < 4.78 is 5.56. The van der Waals surface area contributed by atoms with E-state index in [9.17, 15) is 4.79 Å². The lowest BCUT2D eigenvalue weighted by Gasteiger charge is -2.28. The Morgan fingerprint density at radius 2 is 2.00 bits per heavy atom. The highest BCUT2D eigenvalue weighted by Crippen LogP contribution is 2.42. The first-order valence-corrected chi connectivity index (χ1v) is 7.69. The van der Waals surface area contributed by atoms with Crippen molar-refractivity contribution in [3.05, 3.63) is 0 Å². The van der Waals surface area contributed by atoms with Crippen molar-refractivity contribution in [2.24, 2.45) is 5.92 Å². The third-order valence-corrected chi connectivity index (χ3v) is 4.52. The Morgan fingerprint density at radius 1 is 1.26 bits per heavy atom. The number of rotatable bonds is 3. The maximum absolute atomic E-state index is 12.3. The van der Waals surface area contributed by atoms with Gasteiger partial charge in [-0.15, -0.1) is 0 Å². The lowest BCUT2D eigenvalue weighted by molar-refractivity contribution is 0.0205. The lowest BCUT2D eigenvalue weighted by Crippen LogP contribution is -2.41. The number of amides is 1. The molecule has 3 aliphatic rings. The smallest absolute Gasteiger partial charge is 0.410 e. The molecule has 2 aliphatic heterocycles. The molecule has 3 unspecified atom stereocenters. The molecular weight excluding hydrogens is 240 g/mol. The fraction of sp³-hybridized carbons (Fsp3) is 0.933. The highest BCUT2D eigenvalue weighted by molar-refractivity contribution is 5.70. The van der Waals surface area contributed by atoms with Crippen molar-refractivity contribution in [2.75, 3.05) is 6.54 Å². The second-order valence-corrected chi connectivity index (χ2v) is 7.36. The van der Waals surface area contributed by atoms with Crippen LogP contribution >= 0.6 is 0 Å². The molecule has 19 heavy (non-hydrogen) atoms. The van der Waals surface area contributed by atoms with Gasteiger partial charge in [-0.3, -0.25) is 0 Å². The predicted octanol–water partition coefficient (Wildman–Crippen LogP) is 2.53. The van der Waals surface area contributed by atoms with E-state index in [1.54, 1.807) is 0 Å². The second-order valence-electron chi connectivity index (χ2n) is 7.36. The van der Waals surface area contributed by atoms with Gasteiger partial charge in [-0.25, -0.2) is 4.79 Å². The van der Waals surface area contributed by atoms with E-state index < -0.39 is 0 Å². The fourth-order valence-corrected chi connectivity index (χ4v) is 3.54. The van der Waals surface area contributed by atoms with Crippen LogP contribution in [0.2, 0.25) is 0 Å². The summed E-state index contributed by atoms with van der Waals surface area (Å²) in [5.41, 5.74) is -0.388. The van der Waals surface area contributed by atoms with Gasteiger partial charge >= 0.3 is 6.09 Å². The molecule has 3 atom stereocenters. The van der Waals surface area contributed by atoms with Crippen LogP contribution < -0.4 is 5.32 Å². The summed E-state index contributed by atoms with van der Waals surface area (Å²) in [6.07, 6.45) is 6.02. The van der Waals surface area contributed by atoms with Crippen LogP contribution in [0, 0.1) is 5.92 Å². The molecule has 0 aromatic heterocycles. The summed E-state index contributed by atoms with van der Waals surface area (Å²) in [6, 6.07) is 1.59. The van der Waals surface area contributed by atoms with E-state index in [0.717, 1.165) is 31.8 Å². The van der Waals surface area contributed by atoms with Gasteiger partial charge in [0, 0.05) is 24.7 Å². The molecule has 2 saturated heterocycles. The summed E-state index contributed by atoms with van der Waals surface area (Å²) >= 11 is 0. The van der Waals surface area contributed by atoms with Crippen LogP contribution in [-0.2, 0) is 4.74 Å². The molecule has 4 heteroatoms. The number of hydrogen-bond acceptors (Lipinski definition) is 3. The first kappa shape index (κ1) is 13.2. The van der Waals surface area contributed by atoms with Crippen molar-refractivity contribution < 1.29 is 9.53 Å². The summed E-state index contributed by atoms with van der Waals surface area (Å²) in [4.78, 5) is 14.3. The van der Waals surface area contributed by atoms with Gasteiger partial charge in [-0.2, -0.15) is 0 Å². The Kier molecular flexibility index (Phi) is 3.24. The molecule has 108 valence electrons. The van der Waals surface area contributed by atoms with Crippen molar-refractivity contribution in [2.45, 2.75) is 76.6 Å². The van der Waals surface area contributed by atoms with Gasteiger partial charge in [0.05, 0.1) is 0 Å². The van der Waals surface area contributed by atoms with Crippen LogP contribution in [0.25, 0.3) is 0 Å². The maximum atomic E-state index is 12.3. The third-order valence-electron chi connectivity index (χ3n) is 4.52. The molecule has 2 bridgehead atoms. The van der Waals surface area contributed by atoms with Crippen LogP contribution in [0.3, 0.4) is 0 Å².